The molecule has 7 heterocycles. The molecule has 1 N–H and O–H groups in total. The van der Waals surface area contributed by atoms with Gasteiger partial charge in [0.25, 0.3) is 26.9 Å². The third-order valence-electron chi connectivity index (χ3n) is 32.7. The SMILES string of the molecule is Brc1ccc2c(c1)-c1c(ccc3c1Oc1ccccc1B3c1ccccc1)C21c2ccc(Br)cc2-c2c1ccc1c2Oc2ccccc2B1c1ccccc1.C.C.P.c1ccc(B2c3ccccc3Oc3c2ccc2c3-c3cc(-n4c5ccccc5c5ccccc54)ccc3C23c2ccc(-n4c5ccccc5c5ccccc54)cc2-c2c3ccc3c2Oc2ccccc2B3c2ccccc2)cc1.c1ccc2c(c1)[nH]c1ccccc12. The highest BCUT2D eigenvalue weighted by atomic mass is 79.9. The lowest BCUT2D eigenvalue weighted by atomic mass is 9.35. The first-order valence-electron chi connectivity index (χ1n) is 50.6. The van der Waals surface area contributed by atoms with E-state index in [0.717, 1.165) is 111 Å². The molecule has 14 heteroatoms. The molecule has 0 amide bonds. The number of aromatic amines is 1. The van der Waals surface area contributed by atoms with Gasteiger partial charge in [-0.05, 0) is 220 Å². The van der Waals surface area contributed by atoms with E-state index in [1.165, 1.54) is 176 Å². The molecule has 2 spiro atoms. The maximum Gasteiger partial charge on any atom is 0.250 e. The summed E-state index contributed by atoms with van der Waals surface area (Å²) in [5.41, 5.74) is 41.3. The van der Waals surface area contributed by atoms with E-state index in [4.69, 9.17) is 18.9 Å². The maximum absolute atomic E-state index is 7.49. The summed E-state index contributed by atoms with van der Waals surface area (Å²) in [5, 5.41) is 7.54. The van der Waals surface area contributed by atoms with Crippen molar-refractivity contribution < 1.29 is 18.9 Å². The molecule has 33 rings (SSSR count). The monoisotopic (exact) mass is 2060 g/mol. The Bertz CT molecular complexity index is 9270. The smallest absolute Gasteiger partial charge is 0.250 e. The third kappa shape index (κ3) is 13.0. The van der Waals surface area contributed by atoms with Crippen LogP contribution in [0.25, 0.3) is 121 Å². The van der Waals surface area contributed by atoms with Crippen molar-refractivity contribution in [1.29, 1.82) is 0 Å². The van der Waals surface area contributed by atoms with Crippen LogP contribution in [0.1, 0.15) is 59.4 Å². The molecule has 8 aliphatic rings. The number of aromatic nitrogens is 3. The summed E-state index contributed by atoms with van der Waals surface area (Å²) in [5.74, 6) is 7.25. The molecule has 1 unspecified atom stereocenters. The number of nitrogens with zero attached hydrogens (tertiary/aromatic N) is 2. The number of H-pyrrole nitrogens is 1. The highest BCUT2D eigenvalue weighted by Gasteiger charge is 2.59. The highest BCUT2D eigenvalue weighted by molar-refractivity contribution is 9.10. The van der Waals surface area contributed by atoms with E-state index in [2.05, 4.69) is 531 Å². The van der Waals surface area contributed by atoms with Gasteiger partial charge in [0.05, 0.1) is 32.9 Å². The minimum Gasteiger partial charge on any atom is -0.458 e. The van der Waals surface area contributed by atoms with Gasteiger partial charge in [-0.3, -0.25) is 0 Å². The summed E-state index contributed by atoms with van der Waals surface area (Å²) in [7, 11) is 0. The molecule has 3 aromatic heterocycles. The van der Waals surface area contributed by atoms with Gasteiger partial charge in [0.15, 0.2) is 0 Å². The maximum atomic E-state index is 7.49. The summed E-state index contributed by atoms with van der Waals surface area (Å²) in [6, 6.07) is 177. The molecular weight excluding hydrogens is 1970 g/mol. The zero-order chi connectivity index (χ0) is 96.6. The minimum atomic E-state index is -0.775. The molecule has 0 radical (unpaired) electrons. The van der Waals surface area contributed by atoms with Crippen LogP contribution in [0.15, 0.2) is 494 Å². The van der Waals surface area contributed by atoms with Crippen molar-refractivity contribution in [3.63, 3.8) is 0 Å². The predicted octanol–water partition coefficient (Wildman–Crippen LogP) is 26.9. The van der Waals surface area contributed by atoms with Gasteiger partial charge in [-0.1, -0.05) is 445 Å². The standard InChI is InChI=1S/C73H44B2N2O2.C49H28B2Br2O2.C12H9N.2CH4.H3P/c1-3-19-45(20-4-1)74-59-27-11-17-33-67(59)78-71-61(74)41-39-57-69(71)53-43-47(76-63-29-13-7-23-49(63)50-24-8-14-30-64(50)76)35-37-55(53)73(57)56-38-36-48(77-65-31-15-9-25-51(65)52-26-10-16-32-66(52)77)44-54(56)70-58(73)40-42-62-72(70)79-68-34-18-12-28-60(68)75(62)46-21-5-2-6-22-46;52-31-19-21-35-33(27-31)45-37(23-25-41-47(45)54-43-17-9-7-15-39(43)50(41)29-11-3-1-4-12-29)49(35)36-22-20-32(53)28-34(36)46-38(49)24-26-42-48(46)55-44-18-10-8-16-40(44)51(42)30-13-5-2-6-14-30;1-3-7-11-9(5-1)10-6-2-4-8-12(10)13-11;;;/h1-44H;1-28H;1-8,13H;2*1H4;1H3. The normalized spacial score (nSPS) is 13.5. The Morgan fingerprint density at radius 1 is 0.207 bits per heavy atom. The number of hydrogen-bond donors (Lipinski definition) is 1. The largest absolute Gasteiger partial charge is 0.458 e. The first-order valence-corrected chi connectivity index (χ1v) is 52.2. The Labute approximate surface area is 891 Å². The molecule has 0 bridgehead atoms. The number of nitrogens with one attached hydrogen (secondary N) is 1. The molecule has 0 saturated carbocycles. The number of fused-ring (bicyclic) bond motifs is 41. The number of benzene rings is 22. The van der Waals surface area contributed by atoms with Crippen LogP contribution in [0.2, 0.25) is 0 Å². The summed E-state index contributed by atoms with van der Waals surface area (Å²) in [6.07, 6.45) is 0. The first-order chi connectivity index (χ1) is 72.8. The van der Waals surface area contributed by atoms with Crippen molar-refractivity contribution in [1.82, 2.24) is 14.1 Å². The zero-order valence-electron chi connectivity index (χ0n) is 80.0. The van der Waals surface area contributed by atoms with Gasteiger partial charge >= 0.3 is 0 Å². The number of halogens is 2. The molecule has 706 valence electrons. The fourth-order valence-corrected chi connectivity index (χ4v) is 27.6. The van der Waals surface area contributed by atoms with Gasteiger partial charge in [-0.25, -0.2) is 0 Å². The number of rotatable bonds is 6. The quantitative estimate of drug-likeness (QED) is 0.133. The van der Waals surface area contributed by atoms with E-state index < -0.39 is 10.8 Å². The third-order valence-corrected chi connectivity index (χ3v) is 33.7. The molecule has 1 atom stereocenters. The van der Waals surface area contributed by atoms with Gasteiger partial charge in [0.2, 0.25) is 0 Å². The fraction of sp³-hybridized carbons (Fsp3) is 0.0294. The van der Waals surface area contributed by atoms with Crippen LogP contribution in [0, 0.1) is 0 Å². The Morgan fingerprint density at radius 3 is 0.720 bits per heavy atom. The van der Waals surface area contributed by atoms with E-state index in [1.807, 2.05) is 0 Å². The minimum absolute atomic E-state index is 0. The lowest BCUT2D eigenvalue weighted by molar-refractivity contribution is 0.488. The molecular formula is C136H92B4Br2N3O4P. The van der Waals surface area contributed by atoms with Crippen LogP contribution >= 0.6 is 41.8 Å². The number of ether oxygens (including phenoxy) is 4. The summed E-state index contributed by atoms with van der Waals surface area (Å²) >= 11 is 7.77. The van der Waals surface area contributed by atoms with Gasteiger partial charge in [0.1, 0.15) is 46.0 Å². The fourth-order valence-electron chi connectivity index (χ4n) is 26.9. The van der Waals surface area contributed by atoms with Crippen molar-refractivity contribution in [3.05, 3.63) is 539 Å². The van der Waals surface area contributed by atoms with E-state index >= 15 is 0 Å². The van der Waals surface area contributed by atoms with Crippen molar-refractivity contribution >= 4 is 200 Å². The second kappa shape index (κ2) is 35.2. The van der Waals surface area contributed by atoms with Crippen molar-refractivity contribution in [2.75, 3.05) is 0 Å². The summed E-state index contributed by atoms with van der Waals surface area (Å²) in [4.78, 5) is 3.38. The molecule has 4 aliphatic heterocycles. The second-order valence-electron chi connectivity index (χ2n) is 39.9. The Morgan fingerprint density at radius 2 is 0.433 bits per heavy atom. The zero-order valence-corrected chi connectivity index (χ0v) is 84.6. The summed E-state index contributed by atoms with van der Waals surface area (Å²) < 4.78 is 36.2. The van der Waals surface area contributed by atoms with Gasteiger partial charge in [-0.15, -0.1) is 0 Å². The topological polar surface area (TPSA) is 62.6 Å². The van der Waals surface area contributed by atoms with Crippen LogP contribution in [0.4, 0.5) is 0 Å². The van der Waals surface area contributed by atoms with Crippen LogP contribution < -0.4 is 84.5 Å². The molecule has 7 nitrogen and oxygen atoms in total. The van der Waals surface area contributed by atoms with E-state index in [-0.39, 0.29) is 51.6 Å². The molecule has 25 aromatic rings. The first kappa shape index (κ1) is 90.6. The van der Waals surface area contributed by atoms with Crippen LogP contribution in [-0.4, -0.2) is 41.0 Å². The Kier molecular flexibility index (Phi) is 21.2. The number of hydrogen-bond acceptors (Lipinski definition) is 4. The molecule has 0 saturated heterocycles. The highest BCUT2D eigenvalue weighted by Crippen LogP contribution is 2.69. The van der Waals surface area contributed by atoms with Gasteiger partial charge < -0.3 is 33.1 Å². The van der Waals surface area contributed by atoms with Crippen LogP contribution in [-0.2, 0) is 10.8 Å². The Balaban J connectivity index is 0.000000132. The van der Waals surface area contributed by atoms with Crippen molar-refractivity contribution in [3.8, 4) is 102 Å². The van der Waals surface area contributed by atoms with Gasteiger partial charge in [-0.2, -0.15) is 9.90 Å². The predicted molar refractivity (Wildman–Crippen MR) is 640 cm³/mol. The molecule has 22 aromatic carbocycles. The van der Waals surface area contributed by atoms with E-state index in [0.29, 0.717) is 0 Å². The molecule has 4 aliphatic carbocycles. The van der Waals surface area contributed by atoms with E-state index in [1.54, 1.807) is 0 Å². The Hall–Kier alpha value is -16.9. The lowest BCUT2D eigenvalue weighted by Gasteiger charge is -2.33. The lowest BCUT2D eigenvalue weighted by Crippen LogP contribution is -2.55. The summed E-state index contributed by atoms with van der Waals surface area (Å²) in [6.45, 7) is -0.0140. The molecule has 150 heavy (non-hydrogen) atoms. The second-order valence-corrected chi connectivity index (χ2v) is 41.7. The van der Waals surface area contributed by atoms with Gasteiger partial charge in [0, 0.05) is 85.9 Å². The van der Waals surface area contributed by atoms with Crippen molar-refractivity contribution in [2.45, 2.75) is 25.7 Å². The molecule has 0 fully saturated rings. The average molecular weight is 2070 g/mol. The van der Waals surface area contributed by atoms with Crippen LogP contribution in [0.3, 0.4) is 0 Å². The number of para-hydroxylation sites is 10. The van der Waals surface area contributed by atoms with Crippen LogP contribution in [0.5, 0.6) is 46.0 Å². The van der Waals surface area contributed by atoms with E-state index in [9.17, 15) is 0 Å². The van der Waals surface area contributed by atoms with Crippen molar-refractivity contribution in [2.24, 2.45) is 0 Å². The average Bonchev–Trinajstić information content (AvgIpc) is 1.49.